The number of para-hydroxylation sites is 2. The molecule has 7 nitrogen and oxygen atoms in total. The molecule has 0 aliphatic carbocycles. The van der Waals surface area contributed by atoms with Crippen LogP contribution in [-0.2, 0) is 0 Å². The number of phenolic OH excluding ortho intramolecular Hbond substituents is 1. The Kier molecular flexibility index (Phi) is 3.77. The smallest absolute Gasteiger partial charge is 0.256 e. The summed E-state index contributed by atoms with van der Waals surface area (Å²) in [6.07, 6.45) is 0. The fourth-order valence-electron chi connectivity index (χ4n) is 3.28. The lowest BCUT2D eigenvalue weighted by molar-refractivity contribution is 0.102. The van der Waals surface area contributed by atoms with E-state index in [2.05, 4.69) is 25.5 Å². The summed E-state index contributed by atoms with van der Waals surface area (Å²) >= 11 is 0. The first kappa shape index (κ1) is 16.9. The molecule has 0 atom stereocenters. The number of nitrogens with zero attached hydrogens (tertiary/aromatic N) is 2. The highest BCUT2D eigenvalue weighted by Crippen LogP contribution is 2.29. The van der Waals surface area contributed by atoms with Crippen molar-refractivity contribution in [3.05, 3.63) is 72.0 Å². The number of H-pyrrole nitrogens is 2. The van der Waals surface area contributed by atoms with E-state index < -0.39 is 17.5 Å². The minimum atomic E-state index is -0.813. The average molecular weight is 387 g/mol. The van der Waals surface area contributed by atoms with Gasteiger partial charge in [0.05, 0.1) is 22.1 Å². The third-order valence-corrected chi connectivity index (χ3v) is 4.65. The number of fused-ring (bicyclic) bond motifs is 2. The normalized spacial score (nSPS) is 11.2. The van der Waals surface area contributed by atoms with Gasteiger partial charge in [-0.1, -0.05) is 18.2 Å². The molecule has 0 radical (unpaired) electrons. The maximum atomic E-state index is 13.6. The Balaban J connectivity index is 1.60. The first-order valence-corrected chi connectivity index (χ1v) is 8.82. The van der Waals surface area contributed by atoms with Gasteiger partial charge >= 0.3 is 0 Å². The molecule has 5 aromatic rings. The molecule has 2 heterocycles. The summed E-state index contributed by atoms with van der Waals surface area (Å²) in [5.41, 5.74) is 3.43. The van der Waals surface area contributed by atoms with Crippen LogP contribution in [0.5, 0.6) is 5.75 Å². The molecule has 0 fully saturated rings. The van der Waals surface area contributed by atoms with Crippen LogP contribution in [0.15, 0.2) is 60.7 Å². The van der Waals surface area contributed by atoms with Gasteiger partial charge in [0.1, 0.15) is 5.69 Å². The Hall–Kier alpha value is -4.20. The van der Waals surface area contributed by atoms with Crippen LogP contribution in [0, 0.1) is 5.82 Å². The lowest BCUT2D eigenvalue weighted by atomic mass is 10.1. The lowest BCUT2D eigenvalue weighted by Gasteiger charge is -2.07. The maximum absolute atomic E-state index is 13.6. The molecule has 0 spiro atoms. The minimum Gasteiger partial charge on any atom is -0.505 e. The molecule has 0 aliphatic heterocycles. The fourth-order valence-corrected chi connectivity index (χ4v) is 3.28. The first-order chi connectivity index (χ1) is 14.1. The van der Waals surface area contributed by atoms with Crippen LogP contribution in [0.3, 0.4) is 0 Å². The predicted molar refractivity (Wildman–Crippen MR) is 107 cm³/mol. The van der Waals surface area contributed by atoms with Crippen molar-refractivity contribution in [1.82, 2.24) is 20.2 Å². The first-order valence-electron chi connectivity index (χ1n) is 8.82. The molecule has 3 aromatic carbocycles. The number of imidazole rings is 1. The number of anilines is 1. The molecule has 142 valence electrons. The number of hydrogen-bond acceptors (Lipinski definition) is 4. The van der Waals surface area contributed by atoms with Crippen LogP contribution >= 0.6 is 0 Å². The van der Waals surface area contributed by atoms with Crippen molar-refractivity contribution < 1.29 is 14.3 Å². The number of rotatable bonds is 3. The average Bonchev–Trinajstić information content (AvgIpc) is 3.34. The van der Waals surface area contributed by atoms with Crippen LogP contribution < -0.4 is 5.32 Å². The molecule has 0 aliphatic rings. The molecule has 2 aromatic heterocycles. The van der Waals surface area contributed by atoms with Gasteiger partial charge in [0.2, 0.25) is 0 Å². The standard InChI is InChI=1S/C21H14FN5O2/c22-13-10-11(8-9-17(13)28)23-21(29)12-4-3-7-16-18(12)19(27-26-16)20-24-14-5-1-2-6-15(14)25-20/h1-10,28H,(H,23,29)(H,24,25)(H,26,27). The molecule has 1 amide bonds. The van der Waals surface area contributed by atoms with Crippen molar-refractivity contribution in [3.8, 4) is 17.3 Å². The van der Waals surface area contributed by atoms with Gasteiger partial charge < -0.3 is 15.4 Å². The number of aromatic amines is 2. The summed E-state index contributed by atoms with van der Waals surface area (Å²) < 4.78 is 13.6. The molecule has 0 bridgehead atoms. The Labute approximate surface area is 163 Å². The Morgan fingerprint density at radius 1 is 1.03 bits per heavy atom. The van der Waals surface area contributed by atoms with Crippen molar-refractivity contribution >= 4 is 33.5 Å². The van der Waals surface area contributed by atoms with Crippen molar-refractivity contribution in [3.63, 3.8) is 0 Å². The number of phenols is 1. The topological polar surface area (TPSA) is 107 Å². The van der Waals surface area contributed by atoms with Gasteiger partial charge in [0.15, 0.2) is 17.4 Å². The highest BCUT2D eigenvalue weighted by molar-refractivity contribution is 6.15. The third-order valence-electron chi connectivity index (χ3n) is 4.65. The second-order valence-electron chi connectivity index (χ2n) is 6.52. The Morgan fingerprint density at radius 2 is 1.86 bits per heavy atom. The van der Waals surface area contributed by atoms with E-state index in [1.54, 1.807) is 12.1 Å². The zero-order chi connectivity index (χ0) is 20.0. The van der Waals surface area contributed by atoms with Crippen LogP contribution in [-0.4, -0.2) is 31.2 Å². The molecule has 8 heteroatoms. The summed E-state index contributed by atoms with van der Waals surface area (Å²) in [7, 11) is 0. The van der Waals surface area contributed by atoms with Gasteiger partial charge in [-0.2, -0.15) is 5.10 Å². The molecule has 0 unspecified atom stereocenters. The molecular weight excluding hydrogens is 373 g/mol. The number of hydrogen-bond donors (Lipinski definition) is 4. The van der Waals surface area contributed by atoms with Gasteiger partial charge in [0.25, 0.3) is 5.91 Å². The largest absolute Gasteiger partial charge is 0.505 e. The number of aromatic nitrogens is 4. The van der Waals surface area contributed by atoms with Crippen molar-refractivity contribution in [2.45, 2.75) is 0 Å². The van der Waals surface area contributed by atoms with Gasteiger partial charge in [-0.25, -0.2) is 9.37 Å². The number of amides is 1. The van der Waals surface area contributed by atoms with Crippen LogP contribution in [0.1, 0.15) is 10.4 Å². The van der Waals surface area contributed by atoms with E-state index in [9.17, 15) is 14.3 Å². The molecule has 0 saturated heterocycles. The summed E-state index contributed by atoms with van der Waals surface area (Å²) in [6.45, 7) is 0. The minimum absolute atomic E-state index is 0.232. The maximum Gasteiger partial charge on any atom is 0.256 e. The van der Waals surface area contributed by atoms with Gasteiger partial charge in [-0.05, 0) is 36.4 Å². The van der Waals surface area contributed by atoms with Gasteiger partial charge in [-0.3, -0.25) is 9.89 Å². The summed E-state index contributed by atoms with van der Waals surface area (Å²) in [5.74, 6) is -1.19. The SMILES string of the molecule is O=C(Nc1ccc(O)c(F)c1)c1cccc2[nH]nc(-c3nc4ccccc4[nH]3)c12. The van der Waals surface area contributed by atoms with E-state index >= 15 is 0 Å². The summed E-state index contributed by atoms with van der Waals surface area (Å²) in [4.78, 5) is 20.7. The van der Waals surface area contributed by atoms with E-state index in [0.29, 0.717) is 28.0 Å². The zero-order valence-electron chi connectivity index (χ0n) is 14.9. The van der Waals surface area contributed by atoms with Crippen molar-refractivity contribution in [2.75, 3.05) is 5.32 Å². The summed E-state index contributed by atoms with van der Waals surface area (Å²) in [6, 6.07) is 16.5. The van der Waals surface area contributed by atoms with E-state index in [4.69, 9.17) is 0 Å². The van der Waals surface area contributed by atoms with E-state index in [1.807, 2.05) is 30.3 Å². The number of carbonyl (C=O) groups is 1. The number of benzene rings is 3. The second-order valence-corrected chi connectivity index (χ2v) is 6.52. The van der Waals surface area contributed by atoms with Crippen LogP contribution in [0.4, 0.5) is 10.1 Å². The van der Waals surface area contributed by atoms with E-state index in [1.165, 1.54) is 12.1 Å². The predicted octanol–water partition coefficient (Wildman–Crippen LogP) is 4.20. The van der Waals surface area contributed by atoms with E-state index in [-0.39, 0.29) is 5.69 Å². The number of halogens is 1. The van der Waals surface area contributed by atoms with Crippen LogP contribution in [0.25, 0.3) is 33.5 Å². The summed E-state index contributed by atoms with van der Waals surface area (Å²) in [5, 5.41) is 19.8. The molecule has 5 rings (SSSR count). The monoisotopic (exact) mass is 387 g/mol. The molecule has 0 saturated carbocycles. The number of nitrogens with one attached hydrogen (secondary N) is 3. The van der Waals surface area contributed by atoms with Crippen molar-refractivity contribution in [2.24, 2.45) is 0 Å². The number of aromatic hydroxyl groups is 1. The highest BCUT2D eigenvalue weighted by Gasteiger charge is 2.19. The molecule has 4 N–H and O–H groups in total. The quantitative estimate of drug-likeness (QED) is 0.348. The van der Waals surface area contributed by atoms with Crippen molar-refractivity contribution in [1.29, 1.82) is 0 Å². The Bertz CT molecular complexity index is 1360. The van der Waals surface area contributed by atoms with Gasteiger partial charge in [0, 0.05) is 17.1 Å². The highest BCUT2D eigenvalue weighted by atomic mass is 19.1. The lowest BCUT2D eigenvalue weighted by Crippen LogP contribution is -2.12. The Morgan fingerprint density at radius 3 is 2.69 bits per heavy atom. The third kappa shape index (κ3) is 2.87. The molecular formula is C21H14FN5O2. The van der Waals surface area contributed by atoms with Crippen LogP contribution in [0.2, 0.25) is 0 Å². The molecule has 29 heavy (non-hydrogen) atoms. The van der Waals surface area contributed by atoms with E-state index in [0.717, 1.165) is 17.1 Å². The fraction of sp³-hybridized carbons (Fsp3) is 0. The zero-order valence-corrected chi connectivity index (χ0v) is 14.9. The van der Waals surface area contributed by atoms with Gasteiger partial charge in [-0.15, -0.1) is 0 Å². The second kappa shape index (κ2) is 6.45. The number of carbonyl (C=O) groups excluding carboxylic acids is 1.